The first kappa shape index (κ1) is 33.7. The molecule has 3 rings (SSSR count). The van der Waals surface area contributed by atoms with Crippen molar-refractivity contribution in [2.75, 3.05) is 0 Å². The summed E-state index contributed by atoms with van der Waals surface area (Å²) in [7, 11) is -3.97. The van der Waals surface area contributed by atoms with Gasteiger partial charge in [-0.25, -0.2) is 4.57 Å². The Kier molecular flexibility index (Phi) is 9.74. The number of phosphoric ester groups is 1. The van der Waals surface area contributed by atoms with E-state index >= 15 is 0 Å². The zero-order valence-corrected chi connectivity index (χ0v) is 26.7. The van der Waals surface area contributed by atoms with E-state index < -0.39 is 7.82 Å². The lowest BCUT2D eigenvalue weighted by Gasteiger charge is -2.35. The molecular formula is C29H46AlO6P. The van der Waals surface area contributed by atoms with Gasteiger partial charge in [0.25, 0.3) is 0 Å². The molecule has 0 saturated carbocycles. The summed E-state index contributed by atoms with van der Waals surface area (Å²) in [6.45, 7) is 26.2. The van der Waals surface area contributed by atoms with Crippen LogP contribution in [0.4, 0.5) is 0 Å². The van der Waals surface area contributed by atoms with Crippen molar-refractivity contribution in [3.63, 3.8) is 0 Å². The Labute approximate surface area is 232 Å². The Balaban J connectivity index is 0.00000342. The van der Waals surface area contributed by atoms with Gasteiger partial charge in [-0.05, 0) is 43.9 Å². The van der Waals surface area contributed by atoms with Gasteiger partial charge in [0, 0.05) is 17.5 Å². The van der Waals surface area contributed by atoms with E-state index in [2.05, 4.69) is 124 Å². The molecule has 0 atom stereocenters. The highest BCUT2D eigenvalue weighted by molar-refractivity contribution is 7.50. The summed E-state index contributed by atoms with van der Waals surface area (Å²) in [6, 6.07) is 8.77. The third kappa shape index (κ3) is 7.21. The highest BCUT2D eigenvalue weighted by atomic mass is 31.2. The largest absolute Gasteiger partial charge is 0.557 e. The van der Waals surface area contributed by atoms with E-state index in [0.717, 1.165) is 22.3 Å². The second kappa shape index (κ2) is 10.7. The van der Waals surface area contributed by atoms with E-state index in [-0.39, 0.29) is 32.6 Å². The van der Waals surface area contributed by atoms with Gasteiger partial charge >= 0.3 is 24.4 Å². The SMILES string of the molecule is CC(C)(C)c1cc2c(c(C(C)(C)C)c1)OP(=O)([O][Al])Oc1c(cc(C(C)(C)C)cc1C(C)(C)C)C2.O.O. The molecule has 4 N–H and O–H groups in total. The zero-order valence-electron chi connectivity index (χ0n) is 24.7. The van der Waals surface area contributed by atoms with Crippen molar-refractivity contribution in [3.05, 3.63) is 57.6 Å². The fourth-order valence-electron chi connectivity index (χ4n) is 4.33. The number of benzene rings is 2. The van der Waals surface area contributed by atoms with Gasteiger partial charge in [0.15, 0.2) is 0 Å². The molecule has 2 radical (unpaired) electrons. The first-order valence-electron chi connectivity index (χ1n) is 12.4. The van der Waals surface area contributed by atoms with Crippen LogP contribution >= 0.6 is 7.82 Å². The Bertz CT molecular complexity index is 1090. The minimum atomic E-state index is -3.97. The highest BCUT2D eigenvalue weighted by Gasteiger charge is 2.38. The van der Waals surface area contributed by atoms with Gasteiger partial charge in [0.2, 0.25) is 0 Å². The van der Waals surface area contributed by atoms with Crippen molar-refractivity contribution >= 4 is 24.4 Å². The number of hydrogen-bond donors (Lipinski definition) is 0. The van der Waals surface area contributed by atoms with Crippen LogP contribution in [0.1, 0.15) is 116 Å². The molecule has 0 aliphatic carbocycles. The molecule has 1 aliphatic rings. The van der Waals surface area contributed by atoms with Gasteiger partial charge < -0.3 is 23.6 Å². The molecular weight excluding hydrogens is 502 g/mol. The molecule has 6 nitrogen and oxygen atoms in total. The second-order valence-electron chi connectivity index (χ2n) is 13.9. The number of phosphoric acid groups is 1. The van der Waals surface area contributed by atoms with Crippen molar-refractivity contribution < 1.29 is 28.1 Å². The van der Waals surface area contributed by atoms with Gasteiger partial charge in [-0.3, -0.25) is 0 Å². The van der Waals surface area contributed by atoms with Gasteiger partial charge in [0.1, 0.15) is 11.5 Å². The molecule has 0 spiro atoms. The van der Waals surface area contributed by atoms with Gasteiger partial charge in [0.05, 0.1) is 0 Å². The molecule has 1 heterocycles. The van der Waals surface area contributed by atoms with Crippen molar-refractivity contribution in [3.8, 4) is 11.5 Å². The molecule has 0 unspecified atom stereocenters. The average Bonchev–Trinajstić information content (AvgIpc) is 2.65. The molecule has 1 aliphatic heterocycles. The highest BCUT2D eigenvalue weighted by Crippen LogP contribution is 2.56. The monoisotopic (exact) mass is 548 g/mol. The minimum absolute atomic E-state index is 0. The van der Waals surface area contributed by atoms with Crippen LogP contribution in [0, 0.1) is 0 Å². The fourth-order valence-corrected chi connectivity index (χ4v) is 5.59. The van der Waals surface area contributed by atoms with E-state index in [1.165, 1.54) is 11.1 Å². The first-order chi connectivity index (χ1) is 15.7. The normalized spacial score (nSPS) is 15.5. The van der Waals surface area contributed by atoms with Crippen molar-refractivity contribution in [1.82, 2.24) is 0 Å². The summed E-state index contributed by atoms with van der Waals surface area (Å²) >= 11 is 2.09. The maximum atomic E-state index is 13.9. The Morgan fingerprint density at radius 2 is 0.973 bits per heavy atom. The summed E-state index contributed by atoms with van der Waals surface area (Å²) in [5, 5.41) is 0. The van der Waals surface area contributed by atoms with Crippen LogP contribution in [-0.4, -0.2) is 27.6 Å². The molecule has 0 aromatic heterocycles. The molecule has 0 bridgehead atoms. The van der Waals surface area contributed by atoms with Crippen LogP contribution in [0.3, 0.4) is 0 Å². The summed E-state index contributed by atoms with van der Waals surface area (Å²) in [6.07, 6.45) is 0.613. The maximum absolute atomic E-state index is 13.9. The fraction of sp³-hybridized carbons (Fsp3) is 0.586. The van der Waals surface area contributed by atoms with E-state index in [4.69, 9.17) is 12.6 Å². The third-order valence-corrected chi connectivity index (χ3v) is 8.44. The second-order valence-corrected chi connectivity index (χ2v) is 16.0. The number of fused-ring (bicyclic) bond motifs is 2. The Hall–Kier alpha value is -1.32. The molecule has 2 aromatic rings. The van der Waals surface area contributed by atoms with Gasteiger partial charge in [-0.1, -0.05) is 107 Å². The topological polar surface area (TPSA) is 108 Å². The average molecular weight is 549 g/mol. The van der Waals surface area contributed by atoms with E-state index in [1.807, 2.05) is 0 Å². The summed E-state index contributed by atoms with van der Waals surface area (Å²) in [4.78, 5) is 0. The van der Waals surface area contributed by atoms with Crippen LogP contribution in [0.25, 0.3) is 0 Å². The standard InChI is InChI=1S/C29H43O4P.Al.2H2O/c1-26(2,3)20-14-18-13-19-15-21(27(4,5)6)17-23(29(10,11)12)25(19)33-34(30,31)32-24(18)22(16-20)28(7,8)9;;;/h14-17H,13H2,1-12H3,(H,30,31);;2*1H2/q;+1;;/p-1. The predicted molar refractivity (Wildman–Crippen MR) is 153 cm³/mol. The van der Waals surface area contributed by atoms with Crippen LogP contribution < -0.4 is 9.05 Å². The van der Waals surface area contributed by atoms with Gasteiger partial charge in [-0.15, -0.1) is 0 Å². The van der Waals surface area contributed by atoms with E-state index in [1.54, 1.807) is 0 Å². The summed E-state index contributed by atoms with van der Waals surface area (Å²) in [5.41, 5.74) is 5.86. The van der Waals surface area contributed by atoms with E-state index in [0.29, 0.717) is 17.9 Å². The van der Waals surface area contributed by atoms with E-state index in [9.17, 15) is 4.57 Å². The van der Waals surface area contributed by atoms with Crippen LogP contribution in [-0.2, 0) is 36.2 Å². The lowest BCUT2D eigenvalue weighted by molar-refractivity contribution is 0.296. The molecule has 0 amide bonds. The lowest BCUT2D eigenvalue weighted by atomic mass is 9.76. The first-order valence-corrected chi connectivity index (χ1v) is 14.3. The molecule has 37 heavy (non-hydrogen) atoms. The summed E-state index contributed by atoms with van der Waals surface area (Å²) < 4.78 is 31.7. The van der Waals surface area contributed by atoms with Crippen molar-refractivity contribution in [1.29, 1.82) is 0 Å². The zero-order chi connectivity index (χ0) is 26.8. The van der Waals surface area contributed by atoms with Crippen LogP contribution in [0.2, 0.25) is 0 Å². The number of hydrogen-bond acceptors (Lipinski definition) is 4. The van der Waals surface area contributed by atoms with Crippen LogP contribution in [0.15, 0.2) is 24.3 Å². The smallest absolute Gasteiger partial charge is 0.417 e. The van der Waals surface area contributed by atoms with Crippen molar-refractivity contribution in [2.24, 2.45) is 0 Å². The molecule has 206 valence electrons. The quantitative estimate of drug-likeness (QED) is 0.288. The molecule has 2 aromatic carbocycles. The third-order valence-electron chi connectivity index (χ3n) is 6.60. The molecule has 0 fully saturated rings. The lowest BCUT2D eigenvalue weighted by Crippen LogP contribution is -2.23. The molecule has 8 heteroatoms. The Morgan fingerprint density at radius 3 is 1.22 bits per heavy atom. The Morgan fingerprint density at radius 1 is 0.649 bits per heavy atom. The van der Waals surface area contributed by atoms with Crippen molar-refractivity contribution in [2.45, 2.75) is 111 Å². The summed E-state index contributed by atoms with van der Waals surface area (Å²) in [5.74, 6) is 1.20. The number of rotatable bonds is 1. The minimum Gasteiger partial charge on any atom is -0.417 e. The molecule has 0 saturated heterocycles. The van der Waals surface area contributed by atoms with Crippen LogP contribution in [0.5, 0.6) is 11.5 Å². The maximum Gasteiger partial charge on any atom is 0.557 e. The predicted octanol–water partition coefficient (Wildman–Crippen LogP) is 6.80. The van der Waals surface area contributed by atoms with Gasteiger partial charge in [-0.2, -0.15) is 0 Å².